The molecule has 2 heterocycles. The quantitative estimate of drug-likeness (QED) is 0.803. The van der Waals surface area contributed by atoms with E-state index in [2.05, 4.69) is 15.4 Å². The van der Waals surface area contributed by atoms with Crippen molar-refractivity contribution >= 4 is 23.2 Å². The molecular weight excluding hydrogens is 279 g/mol. The molecule has 102 valence electrons. The van der Waals surface area contributed by atoms with Crippen LogP contribution in [0.1, 0.15) is 11.3 Å². The number of hydrogen-bond acceptors (Lipinski definition) is 3. The number of fused-ring (bicyclic) bond motifs is 1. The lowest BCUT2D eigenvalue weighted by molar-refractivity contribution is 0.627. The summed E-state index contributed by atoms with van der Waals surface area (Å²) in [5, 5.41) is 7.57. The number of aryl methyl sites for hydroxylation is 1. The zero-order valence-corrected chi connectivity index (χ0v) is 11.5. The van der Waals surface area contributed by atoms with Crippen LogP contribution in [0, 0.1) is 12.7 Å². The van der Waals surface area contributed by atoms with Crippen LogP contribution in [0.4, 0.5) is 10.3 Å². The topological polar surface area (TPSA) is 42.2 Å². The van der Waals surface area contributed by atoms with Crippen molar-refractivity contribution < 1.29 is 4.39 Å². The summed E-state index contributed by atoms with van der Waals surface area (Å²) in [5.41, 5.74) is 2.66. The molecule has 0 saturated carbocycles. The Labute approximate surface area is 120 Å². The van der Waals surface area contributed by atoms with Gasteiger partial charge in [0.15, 0.2) is 5.65 Å². The molecule has 0 amide bonds. The average molecular weight is 291 g/mol. The Bertz CT molecular complexity index is 769. The maximum atomic E-state index is 13.1. The molecule has 0 unspecified atom stereocenters. The van der Waals surface area contributed by atoms with Crippen LogP contribution in [0.5, 0.6) is 0 Å². The SMILES string of the molecule is Cc1cccc2nc(NCc3ccc(F)c(Cl)c3)nn12. The Morgan fingerprint density at radius 3 is 2.90 bits per heavy atom. The van der Waals surface area contributed by atoms with Crippen molar-refractivity contribution in [1.29, 1.82) is 0 Å². The van der Waals surface area contributed by atoms with Crippen molar-refractivity contribution in [2.45, 2.75) is 13.5 Å². The molecule has 2 aromatic heterocycles. The van der Waals surface area contributed by atoms with E-state index in [4.69, 9.17) is 11.6 Å². The normalized spacial score (nSPS) is 10.9. The van der Waals surface area contributed by atoms with E-state index >= 15 is 0 Å². The number of pyridine rings is 1. The van der Waals surface area contributed by atoms with Crippen molar-refractivity contribution in [2.75, 3.05) is 5.32 Å². The first-order valence-corrected chi connectivity index (χ1v) is 6.51. The van der Waals surface area contributed by atoms with Crippen LogP contribution < -0.4 is 5.32 Å². The summed E-state index contributed by atoms with van der Waals surface area (Å²) in [5.74, 6) is 0.108. The lowest BCUT2D eigenvalue weighted by atomic mass is 10.2. The highest BCUT2D eigenvalue weighted by atomic mass is 35.5. The summed E-state index contributed by atoms with van der Waals surface area (Å²) in [7, 11) is 0. The Morgan fingerprint density at radius 1 is 1.30 bits per heavy atom. The maximum Gasteiger partial charge on any atom is 0.243 e. The second-order valence-corrected chi connectivity index (χ2v) is 4.88. The number of hydrogen-bond donors (Lipinski definition) is 1. The standard InChI is InChI=1S/C14H12ClFN4/c1-9-3-2-4-13-18-14(19-20(9)13)17-8-10-5-6-12(16)11(15)7-10/h2-7H,8H2,1H3,(H,17,19). The fraction of sp³-hybridized carbons (Fsp3) is 0.143. The smallest absolute Gasteiger partial charge is 0.243 e. The molecule has 3 aromatic rings. The van der Waals surface area contributed by atoms with Gasteiger partial charge in [0.1, 0.15) is 5.82 Å². The summed E-state index contributed by atoms with van der Waals surface area (Å²) in [6, 6.07) is 10.4. The minimum Gasteiger partial charge on any atom is -0.349 e. The lowest BCUT2D eigenvalue weighted by Gasteiger charge is -2.03. The molecular formula is C14H12ClFN4. The molecule has 20 heavy (non-hydrogen) atoms. The highest BCUT2D eigenvalue weighted by Gasteiger charge is 2.05. The Morgan fingerprint density at radius 2 is 2.15 bits per heavy atom. The van der Waals surface area contributed by atoms with Crippen LogP contribution in [-0.4, -0.2) is 14.6 Å². The van der Waals surface area contributed by atoms with Gasteiger partial charge in [-0.05, 0) is 36.8 Å². The molecule has 0 saturated heterocycles. The second-order valence-electron chi connectivity index (χ2n) is 4.47. The molecule has 3 rings (SSSR count). The molecule has 0 radical (unpaired) electrons. The Balaban J connectivity index is 1.79. The first-order valence-electron chi connectivity index (χ1n) is 6.14. The number of halogens is 2. The van der Waals surface area contributed by atoms with Gasteiger partial charge >= 0.3 is 0 Å². The number of anilines is 1. The third kappa shape index (κ3) is 2.44. The minimum absolute atomic E-state index is 0.114. The van der Waals surface area contributed by atoms with Gasteiger partial charge in [-0.25, -0.2) is 8.91 Å². The third-order valence-electron chi connectivity index (χ3n) is 2.98. The van der Waals surface area contributed by atoms with Gasteiger partial charge in [0.2, 0.25) is 5.95 Å². The lowest BCUT2D eigenvalue weighted by Crippen LogP contribution is -2.01. The van der Waals surface area contributed by atoms with Crippen LogP contribution in [-0.2, 0) is 6.54 Å². The monoisotopic (exact) mass is 290 g/mol. The zero-order valence-electron chi connectivity index (χ0n) is 10.8. The Kier molecular flexibility index (Phi) is 3.28. The van der Waals surface area contributed by atoms with Gasteiger partial charge in [0.05, 0.1) is 5.02 Å². The molecule has 0 aliphatic carbocycles. The molecule has 0 fully saturated rings. The van der Waals surface area contributed by atoms with Gasteiger partial charge in [0, 0.05) is 12.2 Å². The van der Waals surface area contributed by atoms with E-state index in [9.17, 15) is 4.39 Å². The number of nitrogens with one attached hydrogen (secondary N) is 1. The van der Waals surface area contributed by atoms with E-state index in [-0.39, 0.29) is 5.02 Å². The van der Waals surface area contributed by atoms with E-state index in [0.717, 1.165) is 16.9 Å². The highest BCUT2D eigenvalue weighted by molar-refractivity contribution is 6.30. The van der Waals surface area contributed by atoms with Crippen LogP contribution in [0.3, 0.4) is 0 Å². The number of benzene rings is 1. The molecule has 1 aromatic carbocycles. The molecule has 0 spiro atoms. The van der Waals surface area contributed by atoms with E-state index < -0.39 is 5.82 Å². The fourth-order valence-electron chi connectivity index (χ4n) is 1.94. The van der Waals surface area contributed by atoms with Crippen LogP contribution in [0.15, 0.2) is 36.4 Å². The number of aromatic nitrogens is 3. The molecule has 0 aliphatic rings. The highest BCUT2D eigenvalue weighted by Crippen LogP contribution is 2.17. The average Bonchev–Trinajstić information content (AvgIpc) is 2.85. The molecule has 1 N–H and O–H groups in total. The van der Waals surface area contributed by atoms with Crippen molar-refractivity contribution in [1.82, 2.24) is 14.6 Å². The molecule has 0 bridgehead atoms. The summed E-state index contributed by atoms with van der Waals surface area (Å²) >= 11 is 5.74. The van der Waals surface area contributed by atoms with Crippen LogP contribution in [0.25, 0.3) is 5.65 Å². The third-order valence-corrected chi connectivity index (χ3v) is 3.27. The molecule has 6 heteroatoms. The van der Waals surface area contributed by atoms with E-state index in [1.807, 2.05) is 25.1 Å². The van der Waals surface area contributed by atoms with Crippen molar-refractivity contribution in [3.63, 3.8) is 0 Å². The second kappa shape index (κ2) is 5.09. The van der Waals surface area contributed by atoms with Crippen molar-refractivity contribution in [2.24, 2.45) is 0 Å². The molecule has 0 aliphatic heterocycles. The number of nitrogens with zero attached hydrogens (tertiary/aromatic N) is 3. The summed E-state index contributed by atoms with van der Waals surface area (Å²) < 4.78 is 14.8. The van der Waals surface area contributed by atoms with Gasteiger partial charge in [0.25, 0.3) is 0 Å². The zero-order chi connectivity index (χ0) is 14.1. The van der Waals surface area contributed by atoms with Crippen molar-refractivity contribution in [3.8, 4) is 0 Å². The number of rotatable bonds is 3. The molecule has 4 nitrogen and oxygen atoms in total. The predicted octanol–water partition coefficient (Wildman–Crippen LogP) is 3.44. The van der Waals surface area contributed by atoms with E-state index in [0.29, 0.717) is 12.5 Å². The maximum absolute atomic E-state index is 13.1. The van der Waals surface area contributed by atoms with Gasteiger partial charge in [-0.1, -0.05) is 23.7 Å². The van der Waals surface area contributed by atoms with Crippen molar-refractivity contribution in [3.05, 3.63) is 58.5 Å². The Hall–Kier alpha value is -2.14. The predicted molar refractivity (Wildman–Crippen MR) is 76.5 cm³/mol. The summed E-state index contributed by atoms with van der Waals surface area (Å²) in [6.07, 6.45) is 0. The minimum atomic E-state index is -0.420. The molecule has 0 atom stereocenters. The first-order chi connectivity index (χ1) is 9.63. The first kappa shape index (κ1) is 12.9. The van der Waals surface area contributed by atoms with Gasteiger partial charge < -0.3 is 5.32 Å². The van der Waals surface area contributed by atoms with Gasteiger partial charge in [-0.2, -0.15) is 4.98 Å². The summed E-state index contributed by atoms with van der Waals surface area (Å²) in [6.45, 7) is 2.45. The fourth-order valence-corrected chi connectivity index (χ4v) is 2.14. The van der Waals surface area contributed by atoms with E-state index in [1.54, 1.807) is 16.6 Å². The van der Waals surface area contributed by atoms with E-state index in [1.165, 1.54) is 6.07 Å². The van der Waals surface area contributed by atoms with Gasteiger partial charge in [-0.15, -0.1) is 5.10 Å². The van der Waals surface area contributed by atoms with Gasteiger partial charge in [-0.3, -0.25) is 0 Å². The largest absolute Gasteiger partial charge is 0.349 e. The van der Waals surface area contributed by atoms with Crippen LogP contribution >= 0.6 is 11.6 Å². The summed E-state index contributed by atoms with van der Waals surface area (Å²) in [4.78, 5) is 4.36. The van der Waals surface area contributed by atoms with Crippen LogP contribution in [0.2, 0.25) is 5.02 Å².